The Morgan fingerprint density at radius 3 is 2.39 bits per heavy atom. The second kappa shape index (κ2) is 10.5. The van der Waals surface area contributed by atoms with E-state index >= 15 is 0 Å². The number of halogens is 1. The van der Waals surface area contributed by atoms with Gasteiger partial charge in [-0.25, -0.2) is 0 Å². The molecule has 10 nitrogen and oxygen atoms in total. The summed E-state index contributed by atoms with van der Waals surface area (Å²) >= 11 is 0. The Hall–Kier alpha value is -2.01. The van der Waals surface area contributed by atoms with Crippen molar-refractivity contribution in [3.8, 4) is 17.2 Å². The minimum atomic E-state index is -0.800. The van der Waals surface area contributed by atoms with Crippen LogP contribution in [0.15, 0.2) is 18.2 Å². The summed E-state index contributed by atoms with van der Waals surface area (Å²) in [7, 11) is 3.18. The molecule has 2 heterocycles. The van der Waals surface area contributed by atoms with Crippen LogP contribution in [-0.2, 0) is 14.3 Å². The highest BCUT2D eigenvalue weighted by atomic mass is 35.5. The van der Waals surface area contributed by atoms with Crippen LogP contribution in [0.5, 0.6) is 17.2 Å². The van der Waals surface area contributed by atoms with E-state index in [0.29, 0.717) is 37.0 Å². The van der Waals surface area contributed by atoms with Crippen molar-refractivity contribution in [3.63, 3.8) is 0 Å². The SMILES string of the molecule is COc1cc(OC)cc(OCCCN[C@H]2CO[C@H]3[C@@H]2OC[C@@H]3O[N+](=O)[O-])c1.Cl. The Morgan fingerprint density at radius 2 is 1.75 bits per heavy atom. The molecular weight excluding hydrogens is 396 g/mol. The first-order chi connectivity index (χ1) is 13.1. The van der Waals surface area contributed by atoms with Crippen LogP contribution in [0, 0.1) is 10.1 Å². The Morgan fingerprint density at radius 1 is 1.11 bits per heavy atom. The second-order valence-electron chi connectivity index (χ2n) is 6.27. The van der Waals surface area contributed by atoms with Crippen LogP contribution in [0.3, 0.4) is 0 Å². The Labute approximate surface area is 168 Å². The number of hydrogen-bond acceptors (Lipinski definition) is 9. The molecule has 1 N–H and O–H groups in total. The van der Waals surface area contributed by atoms with Gasteiger partial charge in [-0.15, -0.1) is 22.5 Å². The van der Waals surface area contributed by atoms with E-state index in [4.69, 9.17) is 23.7 Å². The molecular formula is C17H25ClN2O8. The maximum absolute atomic E-state index is 10.5. The van der Waals surface area contributed by atoms with Crippen LogP contribution in [0.4, 0.5) is 0 Å². The smallest absolute Gasteiger partial charge is 0.294 e. The third kappa shape index (κ3) is 5.51. The number of nitrogens with one attached hydrogen (secondary N) is 1. The fourth-order valence-corrected chi connectivity index (χ4v) is 3.25. The number of ether oxygens (including phenoxy) is 5. The quantitative estimate of drug-likeness (QED) is 0.339. The monoisotopic (exact) mass is 420 g/mol. The molecule has 0 saturated carbocycles. The first-order valence-corrected chi connectivity index (χ1v) is 8.74. The van der Waals surface area contributed by atoms with Gasteiger partial charge in [0.05, 0.1) is 40.1 Å². The Bertz CT molecular complexity index is 627. The maximum Gasteiger partial charge on any atom is 0.294 e. The fraction of sp³-hybridized carbons (Fsp3) is 0.647. The molecule has 1 aromatic rings. The molecule has 28 heavy (non-hydrogen) atoms. The fourth-order valence-electron chi connectivity index (χ4n) is 3.25. The van der Waals surface area contributed by atoms with Crippen LogP contribution in [0.1, 0.15) is 6.42 Å². The highest BCUT2D eigenvalue weighted by Gasteiger charge is 2.49. The van der Waals surface area contributed by atoms with Gasteiger partial charge in [-0.2, -0.15) is 0 Å². The minimum Gasteiger partial charge on any atom is -0.496 e. The molecule has 2 fully saturated rings. The number of methoxy groups -OCH3 is 2. The molecule has 0 unspecified atom stereocenters. The van der Waals surface area contributed by atoms with Gasteiger partial charge in [-0.1, -0.05) is 0 Å². The predicted octanol–water partition coefficient (Wildman–Crippen LogP) is 1.23. The van der Waals surface area contributed by atoms with Crippen LogP contribution >= 0.6 is 12.4 Å². The summed E-state index contributed by atoms with van der Waals surface area (Å²) in [6.07, 6.45) is -0.544. The van der Waals surface area contributed by atoms with Crippen LogP contribution in [-0.4, -0.2) is 70.0 Å². The van der Waals surface area contributed by atoms with Crippen molar-refractivity contribution in [1.82, 2.24) is 5.32 Å². The van der Waals surface area contributed by atoms with Crippen molar-refractivity contribution in [2.75, 3.05) is 40.6 Å². The summed E-state index contributed by atoms with van der Waals surface area (Å²) in [6, 6.07) is 5.36. The summed E-state index contributed by atoms with van der Waals surface area (Å²) in [6.45, 7) is 1.80. The molecule has 0 radical (unpaired) electrons. The largest absolute Gasteiger partial charge is 0.496 e. The molecule has 3 rings (SSSR count). The molecule has 0 aliphatic carbocycles. The minimum absolute atomic E-state index is 0. The molecule has 0 spiro atoms. The highest BCUT2D eigenvalue weighted by Crippen LogP contribution is 2.29. The van der Waals surface area contributed by atoms with Crippen molar-refractivity contribution in [2.45, 2.75) is 30.8 Å². The topological polar surface area (TPSA) is 111 Å². The summed E-state index contributed by atoms with van der Waals surface area (Å²) in [5, 5.41) is 13.0. The Balaban J connectivity index is 0.00000280. The molecule has 2 aliphatic rings. The van der Waals surface area contributed by atoms with Gasteiger partial charge in [0, 0.05) is 18.2 Å². The zero-order chi connectivity index (χ0) is 19.2. The lowest BCUT2D eigenvalue weighted by Crippen LogP contribution is -2.42. The van der Waals surface area contributed by atoms with E-state index in [2.05, 4.69) is 10.2 Å². The molecule has 0 amide bonds. The van der Waals surface area contributed by atoms with E-state index in [1.54, 1.807) is 32.4 Å². The number of nitrogens with zero attached hydrogens (tertiary/aromatic N) is 1. The number of rotatable bonds is 10. The van der Waals surface area contributed by atoms with E-state index in [9.17, 15) is 10.1 Å². The summed E-state index contributed by atoms with van der Waals surface area (Å²) in [4.78, 5) is 15.1. The van der Waals surface area contributed by atoms with Crippen LogP contribution in [0.2, 0.25) is 0 Å². The van der Waals surface area contributed by atoms with Crippen molar-refractivity contribution in [1.29, 1.82) is 0 Å². The molecule has 158 valence electrons. The van der Waals surface area contributed by atoms with Gasteiger partial charge in [-0.3, -0.25) is 0 Å². The van der Waals surface area contributed by atoms with Crippen molar-refractivity contribution < 1.29 is 33.6 Å². The zero-order valence-corrected chi connectivity index (χ0v) is 16.5. The van der Waals surface area contributed by atoms with E-state index in [1.807, 2.05) is 0 Å². The lowest BCUT2D eigenvalue weighted by Gasteiger charge is -2.17. The molecule has 1 aromatic carbocycles. The number of hydrogen-bond donors (Lipinski definition) is 1. The molecule has 2 aliphatic heterocycles. The highest BCUT2D eigenvalue weighted by molar-refractivity contribution is 5.85. The summed E-state index contributed by atoms with van der Waals surface area (Å²) < 4.78 is 27.4. The average Bonchev–Trinajstić information content (AvgIpc) is 3.24. The van der Waals surface area contributed by atoms with Gasteiger partial charge in [0.15, 0.2) is 6.10 Å². The first kappa shape index (κ1) is 22.3. The van der Waals surface area contributed by atoms with Crippen LogP contribution in [0.25, 0.3) is 0 Å². The van der Waals surface area contributed by atoms with Gasteiger partial charge in [0.2, 0.25) is 0 Å². The maximum atomic E-state index is 10.5. The molecule has 2 saturated heterocycles. The summed E-state index contributed by atoms with van der Waals surface area (Å²) in [5.41, 5.74) is 0. The van der Waals surface area contributed by atoms with Crippen molar-refractivity contribution in [2.24, 2.45) is 0 Å². The molecule has 0 bridgehead atoms. The lowest BCUT2D eigenvalue weighted by atomic mass is 10.1. The normalized spacial score (nSPS) is 25.5. The molecule has 11 heteroatoms. The van der Waals surface area contributed by atoms with Crippen molar-refractivity contribution in [3.05, 3.63) is 28.3 Å². The van der Waals surface area contributed by atoms with Gasteiger partial charge in [0.1, 0.15) is 29.5 Å². The number of benzene rings is 1. The van der Waals surface area contributed by atoms with Gasteiger partial charge in [-0.05, 0) is 13.0 Å². The lowest BCUT2D eigenvalue weighted by molar-refractivity contribution is -0.769. The predicted molar refractivity (Wildman–Crippen MR) is 100 cm³/mol. The molecule has 0 aromatic heterocycles. The van der Waals surface area contributed by atoms with E-state index in [1.165, 1.54) is 0 Å². The standard InChI is InChI=1S/C17H24N2O8.ClH/c1-22-11-6-12(23-2)8-13(7-11)24-5-3-4-18-14-9-25-17-15(27-19(20)21)10-26-16(14)17;/h6-8,14-18H,3-5,9-10H2,1-2H3;1H/t14-,15-,16+,17+;/m0./s1. The summed E-state index contributed by atoms with van der Waals surface area (Å²) in [5.74, 6) is 2.01. The molecule has 4 atom stereocenters. The third-order valence-electron chi connectivity index (χ3n) is 4.55. The van der Waals surface area contributed by atoms with Crippen molar-refractivity contribution >= 4 is 12.4 Å². The van der Waals surface area contributed by atoms with E-state index in [-0.39, 0.29) is 31.2 Å². The zero-order valence-electron chi connectivity index (χ0n) is 15.7. The first-order valence-electron chi connectivity index (χ1n) is 8.74. The number of fused-ring (bicyclic) bond motifs is 1. The average molecular weight is 421 g/mol. The van der Waals surface area contributed by atoms with Gasteiger partial charge < -0.3 is 33.8 Å². The third-order valence-corrected chi connectivity index (χ3v) is 4.55. The second-order valence-corrected chi connectivity index (χ2v) is 6.27. The van der Waals surface area contributed by atoms with Gasteiger partial charge in [0.25, 0.3) is 5.09 Å². The van der Waals surface area contributed by atoms with E-state index in [0.717, 1.165) is 6.42 Å². The van der Waals surface area contributed by atoms with Crippen LogP contribution < -0.4 is 19.5 Å². The van der Waals surface area contributed by atoms with Gasteiger partial charge >= 0.3 is 0 Å². The Kier molecular flexibility index (Phi) is 8.36. The van der Waals surface area contributed by atoms with E-state index < -0.39 is 17.3 Å².